The number of anilines is 1. The quantitative estimate of drug-likeness (QED) is 0.368. The fraction of sp³-hybridized carbons (Fsp3) is 0.133. The molecule has 0 saturated carbocycles. The molecule has 150 valence electrons. The number of nitro benzene ring substituents is 1. The summed E-state index contributed by atoms with van der Waals surface area (Å²) >= 11 is 11.1. The van der Waals surface area contributed by atoms with Gasteiger partial charge in [-0.2, -0.15) is 13.2 Å². The van der Waals surface area contributed by atoms with Crippen molar-refractivity contribution >= 4 is 49.8 Å². The van der Waals surface area contributed by atoms with E-state index in [0.29, 0.717) is 18.2 Å². The van der Waals surface area contributed by atoms with Crippen LogP contribution in [0.15, 0.2) is 47.4 Å². The number of nitrogens with zero attached hydrogens (tertiary/aromatic N) is 2. The van der Waals surface area contributed by atoms with Gasteiger partial charge in [0.15, 0.2) is 0 Å². The summed E-state index contributed by atoms with van der Waals surface area (Å²) in [5.41, 5.74) is -2.45. The van der Waals surface area contributed by atoms with E-state index in [1.54, 1.807) is 0 Å². The number of non-ortho nitro benzene ring substituents is 1. The first-order chi connectivity index (χ1) is 12.8. The zero-order chi connectivity index (χ0) is 21.3. The minimum Gasteiger partial charge on any atom is -0.279 e. The van der Waals surface area contributed by atoms with Gasteiger partial charge in [-0.05, 0) is 35.9 Å². The molecule has 2 aromatic carbocycles. The second kappa shape index (κ2) is 7.94. The molecule has 28 heavy (non-hydrogen) atoms. The Morgan fingerprint density at radius 2 is 1.82 bits per heavy atom. The highest BCUT2D eigenvalue weighted by Gasteiger charge is 2.34. The van der Waals surface area contributed by atoms with Crippen LogP contribution in [0.2, 0.25) is 5.02 Å². The van der Waals surface area contributed by atoms with Gasteiger partial charge < -0.3 is 0 Å². The second-order valence-electron chi connectivity index (χ2n) is 5.29. The topological polar surface area (TPSA) is 97.6 Å². The van der Waals surface area contributed by atoms with E-state index in [0.717, 1.165) is 24.3 Å². The first-order valence-electron chi connectivity index (χ1n) is 7.16. The fourth-order valence-corrected chi connectivity index (χ4v) is 4.11. The fourth-order valence-electron chi connectivity index (χ4n) is 2.18. The van der Waals surface area contributed by atoms with Gasteiger partial charge in [-0.1, -0.05) is 17.7 Å². The summed E-state index contributed by atoms with van der Waals surface area (Å²) < 4.78 is 65.1. The van der Waals surface area contributed by atoms with Crippen LogP contribution >= 0.6 is 23.2 Å². The predicted octanol–water partition coefficient (Wildman–Crippen LogP) is 4.23. The van der Waals surface area contributed by atoms with Crippen molar-refractivity contribution in [3.63, 3.8) is 0 Å². The number of benzene rings is 2. The van der Waals surface area contributed by atoms with E-state index in [-0.39, 0.29) is 4.31 Å². The van der Waals surface area contributed by atoms with Crippen LogP contribution in [0.3, 0.4) is 0 Å². The van der Waals surface area contributed by atoms with E-state index in [1.165, 1.54) is 0 Å². The molecule has 0 aliphatic carbocycles. The van der Waals surface area contributed by atoms with Crippen LogP contribution in [0.25, 0.3) is 0 Å². The molecule has 0 heterocycles. The number of hydrogen-bond donors (Lipinski definition) is 0. The third-order valence-electron chi connectivity index (χ3n) is 3.43. The van der Waals surface area contributed by atoms with Gasteiger partial charge in [-0.25, -0.2) is 8.42 Å². The Labute approximate surface area is 166 Å². The molecule has 0 unspecified atom stereocenters. The average Bonchev–Trinajstić information content (AvgIpc) is 2.59. The van der Waals surface area contributed by atoms with E-state index in [2.05, 4.69) is 0 Å². The SMILES string of the molecule is O=C(Cl)CN(c1cc(C(F)(F)F)ccc1Cl)S(=O)(=O)c1cccc([N+](=O)[O-])c1. The molecule has 0 N–H and O–H groups in total. The Bertz CT molecular complexity index is 1040. The molecule has 0 aliphatic heterocycles. The lowest BCUT2D eigenvalue weighted by Gasteiger charge is -2.24. The van der Waals surface area contributed by atoms with Crippen LogP contribution in [0, 0.1) is 10.1 Å². The monoisotopic (exact) mass is 456 g/mol. The van der Waals surface area contributed by atoms with Crippen LogP contribution in [-0.2, 0) is 21.0 Å². The molecule has 0 spiro atoms. The molecule has 0 aromatic heterocycles. The molecular weight excluding hydrogens is 448 g/mol. The van der Waals surface area contributed by atoms with Crippen LogP contribution in [-0.4, -0.2) is 25.1 Å². The number of alkyl halides is 3. The Hall–Kier alpha value is -2.37. The Morgan fingerprint density at radius 3 is 2.36 bits per heavy atom. The lowest BCUT2D eigenvalue weighted by atomic mass is 10.2. The van der Waals surface area contributed by atoms with Gasteiger partial charge in [0, 0.05) is 12.1 Å². The van der Waals surface area contributed by atoms with E-state index in [4.69, 9.17) is 23.2 Å². The maximum Gasteiger partial charge on any atom is 0.416 e. The van der Waals surface area contributed by atoms with Crippen molar-refractivity contribution in [2.24, 2.45) is 0 Å². The van der Waals surface area contributed by atoms with Crippen LogP contribution in [0.1, 0.15) is 5.56 Å². The summed E-state index contributed by atoms with van der Waals surface area (Å²) in [6, 6.07) is 5.66. The third-order valence-corrected chi connectivity index (χ3v) is 5.62. The highest BCUT2D eigenvalue weighted by Crippen LogP contribution is 2.37. The maximum absolute atomic E-state index is 13.0. The van der Waals surface area contributed by atoms with E-state index < -0.39 is 59.8 Å². The number of sulfonamides is 1. The molecule has 13 heteroatoms. The van der Waals surface area contributed by atoms with E-state index >= 15 is 0 Å². The lowest BCUT2D eigenvalue weighted by Crippen LogP contribution is -2.35. The molecule has 0 saturated heterocycles. The van der Waals surface area contributed by atoms with Crippen molar-refractivity contribution in [2.45, 2.75) is 11.1 Å². The van der Waals surface area contributed by atoms with Gasteiger partial charge in [0.05, 0.1) is 26.1 Å². The molecular formula is C15H9Cl2F3N2O5S. The summed E-state index contributed by atoms with van der Waals surface area (Å²) in [5, 5.41) is 9.27. The van der Waals surface area contributed by atoms with Gasteiger partial charge in [-0.15, -0.1) is 0 Å². The van der Waals surface area contributed by atoms with Gasteiger partial charge >= 0.3 is 6.18 Å². The van der Waals surface area contributed by atoms with E-state index in [9.17, 15) is 36.5 Å². The molecule has 0 aliphatic rings. The van der Waals surface area contributed by atoms with Gasteiger partial charge in [-0.3, -0.25) is 19.2 Å². The smallest absolute Gasteiger partial charge is 0.279 e. The minimum absolute atomic E-state index is 0.263. The Morgan fingerprint density at radius 1 is 1.18 bits per heavy atom. The molecule has 0 bridgehead atoms. The van der Waals surface area contributed by atoms with Crippen molar-refractivity contribution in [1.29, 1.82) is 0 Å². The van der Waals surface area contributed by atoms with Crippen LogP contribution < -0.4 is 4.31 Å². The van der Waals surface area contributed by atoms with Crippen molar-refractivity contribution in [3.8, 4) is 0 Å². The highest BCUT2D eigenvalue weighted by atomic mass is 35.5. The summed E-state index contributed by atoms with van der Waals surface area (Å²) in [5.74, 6) is 0. The predicted molar refractivity (Wildman–Crippen MR) is 94.9 cm³/mol. The maximum atomic E-state index is 13.0. The highest BCUT2D eigenvalue weighted by molar-refractivity contribution is 7.92. The Kier molecular flexibility index (Phi) is 6.21. The van der Waals surface area contributed by atoms with Crippen LogP contribution in [0.5, 0.6) is 0 Å². The van der Waals surface area contributed by atoms with Gasteiger partial charge in [0.2, 0.25) is 5.24 Å². The largest absolute Gasteiger partial charge is 0.416 e. The molecule has 0 fully saturated rings. The molecule has 2 aromatic rings. The van der Waals surface area contributed by atoms with E-state index in [1.807, 2.05) is 0 Å². The Balaban J connectivity index is 2.69. The zero-order valence-corrected chi connectivity index (χ0v) is 15.8. The number of carbonyl (C=O) groups is 1. The molecule has 0 radical (unpaired) electrons. The van der Waals surface area contributed by atoms with Crippen molar-refractivity contribution < 1.29 is 31.3 Å². The summed E-state index contributed by atoms with van der Waals surface area (Å²) in [4.78, 5) is 20.8. The molecule has 0 atom stereocenters. The average molecular weight is 457 g/mol. The number of hydrogen-bond acceptors (Lipinski definition) is 5. The first-order valence-corrected chi connectivity index (χ1v) is 9.36. The normalized spacial score (nSPS) is 11.9. The number of halogens is 5. The number of carbonyl (C=O) groups excluding carboxylic acids is 1. The second-order valence-corrected chi connectivity index (χ2v) is 7.98. The first kappa shape index (κ1) is 21.9. The summed E-state index contributed by atoms with van der Waals surface area (Å²) in [6.45, 7) is -1.05. The standard InChI is InChI=1S/C15H9Cl2F3N2O5S/c16-12-5-4-9(15(18,19)20)6-13(12)21(8-14(17)23)28(26,27)11-3-1-2-10(7-11)22(24)25/h1-7H,8H2. The summed E-state index contributed by atoms with van der Waals surface area (Å²) in [6.07, 6.45) is -4.81. The molecule has 2 rings (SSSR count). The van der Waals surface area contributed by atoms with Crippen LogP contribution in [0.4, 0.5) is 24.5 Å². The van der Waals surface area contributed by atoms with Crippen molar-refractivity contribution in [2.75, 3.05) is 10.8 Å². The minimum atomic E-state index is -4.81. The third kappa shape index (κ3) is 4.72. The van der Waals surface area contributed by atoms with Crippen molar-refractivity contribution in [3.05, 3.63) is 63.2 Å². The summed E-state index contributed by atoms with van der Waals surface area (Å²) in [7, 11) is -4.72. The lowest BCUT2D eigenvalue weighted by molar-refractivity contribution is -0.385. The molecule has 7 nitrogen and oxygen atoms in total. The van der Waals surface area contributed by atoms with Gasteiger partial charge in [0.1, 0.15) is 6.54 Å². The molecule has 0 amide bonds. The number of nitro groups is 1. The zero-order valence-electron chi connectivity index (χ0n) is 13.5. The number of rotatable bonds is 6. The van der Waals surface area contributed by atoms with Crippen molar-refractivity contribution in [1.82, 2.24) is 0 Å². The van der Waals surface area contributed by atoms with Gasteiger partial charge in [0.25, 0.3) is 15.7 Å².